The normalized spacial score (nSPS) is 14.6. The Labute approximate surface area is 116 Å². The molecule has 0 spiro atoms. The molecule has 0 saturated heterocycles. The van der Waals surface area contributed by atoms with E-state index in [0.717, 1.165) is 28.0 Å². The van der Waals surface area contributed by atoms with Crippen molar-refractivity contribution in [2.75, 3.05) is 11.1 Å². The van der Waals surface area contributed by atoms with Crippen molar-refractivity contribution in [1.82, 2.24) is 15.0 Å². The average molecular weight is 265 g/mol. The maximum atomic E-state index is 5.82. The summed E-state index contributed by atoms with van der Waals surface area (Å²) in [5, 5.41) is 4.53. The van der Waals surface area contributed by atoms with E-state index in [1.54, 1.807) is 0 Å². The molecular weight excluding hydrogens is 250 g/mol. The predicted octanol–water partition coefficient (Wildman–Crippen LogP) is 2.78. The van der Waals surface area contributed by atoms with Gasteiger partial charge in [0.15, 0.2) is 0 Å². The van der Waals surface area contributed by atoms with Gasteiger partial charge in [-0.25, -0.2) is 4.98 Å². The van der Waals surface area contributed by atoms with Crippen molar-refractivity contribution in [2.24, 2.45) is 0 Å². The Morgan fingerprint density at radius 3 is 2.90 bits per heavy atom. The molecule has 5 heteroatoms. The molecule has 20 heavy (non-hydrogen) atoms. The van der Waals surface area contributed by atoms with Gasteiger partial charge in [0.2, 0.25) is 5.95 Å². The first-order chi connectivity index (χ1) is 9.78. The molecule has 0 aliphatic heterocycles. The quantitative estimate of drug-likeness (QED) is 0.680. The molecule has 1 fully saturated rings. The molecule has 100 valence electrons. The first kappa shape index (κ1) is 11.3. The van der Waals surface area contributed by atoms with Crippen LogP contribution in [0.25, 0.3) is 22.2 Å². The lowest BCUT2D eigenvalue weighted by Crippen LogP contribution is -2.06. The maximum Gasteiger partial charge on any atom is 0.222 e. The second kappa shape index (κ2) is 4.23. The van der Waals surface area contributed by atoms with Crippen molar-refractivity contribution < 1.29 is 0 Å². The minimum absolute atomic E-state index is 0.305. The molecule has 4 N–H and O–H groups in total. The van der Waals surface area contributed by atoms with Gasteiger partial charge in [-0.3, -0.25) is 0 Å². The van der Waals surface area contributed by atoms with Crippen LogP contribution >= 0.6 is 0 Å². The number of aromatic amines is 1. The van der Waals surface area contributed by atoms with E-state index in [0.29, 0.717) is 12.0 Å². The lowest BCUT2D eigenvalue weighted by molar-refractivity contribution is 1.09. The third-order valence-electron chi connectivity index (χ3n) is 3.52. The van der Waals surface area contributed by atoms with Gasteiger partial charge < -0.3 is 16.0 Å². The van der Waals surface area contributed by atoms with Gasteiger partial charge in [0, 0.05) is 34.8 Å². The Morgan fingerprint density at radius 1 is 1.15 bits per heavy atom. The predicted molar refractivity (Wildman–Crippen MR) is 80.4 cm³/mol. The minimum Gasteiger partial charge on any atom is -0.368 e. The number of anilines is 2. The van der Waals surface area contributed by atoms with Gasteiger partial charge >= 0.3 is 0 Å². The Balaban J connectivity index is 1.77. The number of nitrogen functional groups attached to an aromatic ring is 1. The summed E-state index contributed by atoms with van der Waals surface area (Å²) in [4.78, 5) is 11.8. The zero-order valence-corrected chi connectivity index (χ0v) is 10.9. The Kier molecular flexibility index (Phi) is 2.39. The average Bonchev–Trinajstić information content (AvgIpc) is 3.12. The second-order valence-corrected chi connectivity index (χ2v) is 5.19. The third-order valence-corrected chi connectivity index (χ3v) is 3.52. The summed E-state index contributed by atoms with van der Waals surface area (Å²) in [5.74, 6) is 1.11. The minimum atomic E-state index is 0.305. The zero-order valence-electron chi connectivity index (χ0n) is 10.9. The van der Waals surface area contributed by atoms with Crippen LogP contribution in [0.1, 0.15) is 12.8 Å². The van der Waals surface area contributed by atoms with E-state index in [1.807, 2.05) is 24.4 Å². The van der Waals surface area contributed by atoms with Crippen LogP contribution in [-0.4, -0.2) is 21.0 Å². The van der Waals surface area contributed by atoms with Gasteiger partial charge in [-0.15, -0.1) is 0 Å². The highest BCUT2D eigenvalue weighted by Crippen LogP contribution is 2.28. The fourth-order valence-electron chi connectivity index (χ4n) is 2.34. The number of nitrogens with zero attached hydrogens (tertiary/aromatic N) is 2. The van der Waals surface area contributed by atoms with Crippen LogP contribution in [0.15, 0.2) is 36.5 Å². The molecule has 0 amide bonds. The Hall–Kier alpha value is -2.56. The lowest BCUT2D eigenvalue weighted by atomic mass is 10.1. The van der Waals surface area contributed by atoms with Gasteiger partial charge in [-0.1, -0.05) is 6.07 Å². The van der Waals surface area contributed by atoms with E-state index in [9.17, 15) is 0 Å². The van der Waals surface area contributed by atoms with Crippen molar-refractivity contribution in [2.45, 2.75) is 18.9 Å². The smallest absolute Gasteiger partial charge is 0.222 e. The van der Waals surface area contributed by atoms with E-state index in [1.165, 1.54) is 12.8 Å². The van der Waals surface area contributed by atoms with E-state index < -0.39 is 0 Å². The van der Waals surface area contributed by atoms with E-state index >= 15 is 0 Å². The van der Waals surface area contributed by atoms with Crippen molar-refractivity contribution in [3.8, 4) is 11.3 Å². The molecule has 4 rings (SSSR count). The van der Waals surface area contributed by atoms with Gasteiger partial charge in [-0.2, -0.15) is 4.98 Å². The van der Waals surface area contributed by atoms with Crippen LogP contribution in [0.5, 0.6) is 0 Å². The summed E-state index contributed by atoms with van der Waals surface area (Å²) in [5.41, 5.74) is 8.83. The number of nitrogens with two attached hydrogens (primary N) is 1. The molecule has 0 radical (unpaired) electrons. The zero-order chi connectivity index (χ0) is 13.5. The molecule has 1 saturated carbocycles. The molecule has 0 bridgehead atoms. The fourth-order valence-corrected chi connectivity index (χ4v) is 2.34. The first-order valence-electron chi connectivity index (χ1n) is 6.76. The SMILES string of the molecule is Nc1nc(NC2CC2)cc(-c2ccc3[nH]ccc3c2)n1. The molecule has 0 unspecified atom stereocenters. The summed E-state index contributed by atoms with van der Waals surface area (Å²) in [6.07, 6.45) is 4.34. The standard InChI is InChI=1S/C15H15N5/c16-15-19-13(8-14(20-15)18-11-2-3-11)9-1-4-12-10(7-9)5-6-17-12/h1,4-8,11,17H,2-3H2,(H3,16,18,19,20). The molecule has 1 aromatic carbocycles. The Morgan fingerprint density at radius 2 is 2.05 bits per heavy atom. The van der Waals surface area contributed by atoms with Crippen LogP contribution in [-0.2, 0) is 0 Å². The van der Waals surface area contributed by atoms with E-state index in [-0.39, 0.29) is 0 Å². The van der Waals surface area contributed by atoms with Crippen LogP contribution < -0.4 is 11.1 Å². The molecule has 1 aliphatic carbocycles. The topological polar surface area (TPSA) is 79.6 Å². The summed E-state index contributed by atoms with van der Waals surface area (Å²) in [7, 11) is 0. The summed E-state index contributed by atoms with van der Waals surface area (Å²) < 4.78 is 0. The van der Waals surface area contributed by atoms with Gasteiger partial charge in [-0.05, 0) is 31.0 Å². The molecule has 5 nitrogen and oxygen atoms in total. The molecule has 1 aliphatic rings. The number of fused-ring (bicyclic) bond motifs is 1. The number of benzene rings is 1. The van der Waals surface area contributed by atoms with Gasteiger partial charge in [0.25, 0.3) is 0 Å². The van der Waals surface area contributed by atoms with Gasteiger partial charge in [0.1, 0.15) is 5.82 Å². The molecule has 0 atom stereocenters. The summed E-state index contributed by atoms with van der Waals surface area (Å²) in [6, 6.07) is 10.8. The third kappa shape index (κ3) is 2.07. The maximum absolute atomic E-state index is 5.82. The van der Waals surface area contributed by atoms with Crippen molar-refractivity contribution >= 4 is 22.7 Å². The number of aromatic nitrogens is 3. The molecular formula is C15H15N5. The van der Waals surface area contributed by atoms with E-state index in [4.69, 9.17) is 5.73 Å². The fraction of sp³-hybridized carbons (Fsp3) is 0.200. The number of nitrogens with one attached hydrogen (secondary N) is 2. The number of hydrogen-bond acceptors (Lipinski definition) is 4. The molecule has 2 aromatic heterocycles. The largest absolute Gasteiger partial charge is 0.368 e. The highest BCUT2D eigenvalue weighted by molar-refractivity contribution is 5.84. The number of rotatable bonds is 3. The first-order valence-corrected chi connectivity index (χ1v) is 6.76. The molecule has 3 aromatic rings. The molecule has 2 heterocycles. The lowest BCUT2D eigenvalue weighted by Gasteiger charge is -2.07. The van der Waals surface area contributed by atoms with Gasteiger partial charge in [0.05, 0.1) is 5.69 Å². The summed E-state index contributed by atoms with van der Waals surface area (Å²) in [6.45, 7) is 0. The van der Waals surface area contributed by atoms with Crippen molar-refractivity contribution in [3.63, 3.8) is 0 Å². The Bertz CT molecular complexity index is 773. The van der Waals surface area contributed by atoms with Crippen LogP contribution in [0.2, 0.25) is 0 Å². The summed E-state index contributed by atoms with van der Waals surface area (Å²) >= 11 is 0. The van der Waals surface area contributed by atoms with Crippen molar-refractivity contribution in [3.05, 3.63) is 36.5 Å². The number of hydrogen-bond donors (Lipinski definition) is 3. The highest BCUT2D eigenvalue weighted by Gasteiger charge is 2.21. The highest BCUT2D eigenvalue weighted by atomic mass is 15.1. The van der Waals surface area contributed by atoms with Crippen LogP contribution in [0, 0.1) is 0 Å². The van der Waals surface area contributed by atoms with Crippen molar-refractivity contribution in [1.29, 1.82) is 0 Å². The van der Waals surface area contributed by atoms with Crippen LogP contribution in [0.3, 0.4) is 0 Å². The van der Waals surface area contributed by atoms with Crippen LogP contribution in [0.4, 0.5) is 11.8 Å². The number of H-pyrrole nitrogens is 1. The second-order valence-electron chi connectivity index (χ2n) is 5.19. The monoisotopic (exact) mass is 265 g/mol. The van der Waals surface area contributed by atoms with E-state index in [2.05, 4.69) is 32.4 Å².